The summed E-state index contributed by atoms with van der Waals surface area (Å²) in [5.74, 6) is 0. The summed E-state index contributed by atoms with van der Waals surface area (Å²) in [5, 5.41) is 5.54. The number of hydrogen-bond donors (Lipinski definition) is 1. The van der Waals surface area contributed by atoms with Crippen LogP contribution in [0, 0.1) is 0 Å². The van der Waals surface area contributed by atoms with Gasteiger partial charge in [-0.3, -0.25) is 0 Å². The lowest BCUT2D eigenvalue weighted by Crippen LogP contribution is -2.17. The summed E-state index contributed by atoms with van der Waals surface area (Å²) in [7, 11) is 2.07. The molecule has 1 aliphatic carbocycles. The van der Waals surface area contributed by atoms with Crippen molar-refractivity contribution in [2.24, 2.45) is 7.05 Å². The molecular weight excluding hydrogens is 300 g/mol. The first-order chi connectivity index (χ1) is 8.18. The summed E-state index contributed by atoms with van der Waals surface area (Å²) < 4.78 is 3.34. The zero-order valence-corrected chi connectivity index (χ0v) is 12.0. The van der Waals surface area contributed by atoms with Crippen molar-refractivity contribution in [1.29, 1.82) is 0 Å². The minimum Gasteiger partial charge on any atom is -0.344 e. The maximum absolute atomic E-state index is 6.26. The topological polar surface area (TPSA) is 17.0 Å². The van der Waals surface area contributed by atoms with E-state index in [-0.39, 0.29) is 0 Å². The molecule has 4 heteroatoms. The molecule has 1 saturated carbocycles. The molecule has 1 aromatic carbocycles. The van der Waals surface area contributed by atoms with Gasteiger partial charge >= 0.3 is 0 Å². The molecule has 0 bridgehead atoms. The number of rotatable bonds is 3. The average molecular weight is 314 g/mol. The maximum atomic E-state index is 6.26. The summed E-state index contributed by atoms with van der Waals surface area (Å²) in [4.78, 5) is 0. The fraction of sp³-hybridized carbons (Fsp3) is 0.385. The van der Waals surface area contributed by atoms with E-state index in [0.29, 0.717) is 0 Å². The van der Waals surface area contributed by atoms with Gasteiger partial charge in [0.25, 0.3) is 0 Å². The van der Waals surface area contributed by atoms with Gasteiger partial charge in [-0.1, -0.05) is 23.7 Å². The van der Waals surface area contributed by atoms with Crippen LogP contribution < -0.4 is 5.32 Å². The fourth-order valence-electron chi connectivity index (χ4n) is 2.20. The number of benzene rings is 1. The van der Waals surface area contributed by atoms with E-state index in [9.17, 15) is 0 Å². The lowest BCUT2D eigenvalue weighted by molar-refractivity contribution is 0.653. The minimum atomic E-state index is 0.718. The summed E-state index contributed by atoms with van der Waals surface area (Å²) in [6.45, 7) is 0.896. The second kappa shape index (κ2) is 4.30. The number of halogens is 2. The van der Waals surface area contributed by atoms with Crippen molar-refractivity contribution in [2.45, 2.75) is 25.4 Å². The third-order valence-electron chi connectivity index (χ3n) is 3.35. The van der Waals surface area contributed by atoms with Crippen LogP contribution in [0.1, 0.15) is 18.5 Å². The minimum absolute atomic E-state index is 0.718. The average Bonchev–Trinajstić information content (AvgIpc) is 3.08. The highest BCUT2D eigenvalue weighted by Crippen LogP contribution is 2.34. The molecule has 0 atom stereocenters. The summed E-state index contributed by atoms with van der Waals surface area (Å²) >= 11 is 9.95. The first-order valence-corrected chi connectivity index (χ1v) is 7.00. The molecule has 1 fully saturated rings. The first kappa shape index (κ1) is 11.6. The van der Waals surface area contributed by atoms with Crippen LogP contribution in [0.5, 0.6) is 0 Å². The van der Waals surface area contributed by atoms with Crippen LogP contribution >= 0.6 is 27.5 Å². The van der Waals surface area contributed by atoms with Gasteiger partial charge in [-0.15, -0.1) is 0 Å². The van der Waals surface area contributed by atoms with Gasteiger partial charge in [-0.2, -0.15) is 0 Å². The lowest BCUT2D eigenvalue weighted by Gasteiger charge is -2.06. The number of nitrogens with one attached hydrogen (secondary N) is 1. The summed E-state index contributed by atoms with van der Waals surface area (Å²) in [5.41, 5.74) is 2.37. The van der Waals surface area contributed by atoms with Crippen molar-refractivity contribution in [3.8, 4) is 0 Å². The highest BCUT2D eigenvalue weighted by atomic mass is 79.9. The van der Waals surface area contributed by atoms with Crippen molar-refractivity contribution < 1.29 is 0 Å². The molecule has 2 nitrogen and oxygen atoms in total. The number of aryl methyl sites for hydroxylation is 1. The molecule has 0 amide bonds. The Hall–Kier alpha value is -0.510. The van der Waals surface area contributed by atoms with Crippen LogP contribution in [0.15, 0.2) is 22.7 Å². The SMILES string of the molecule is Cn1c(CNC2CC2)c(Br)c2cccc(Cl)c21. The first-order valence-electron chi connectivity index (χ1n) is 5.83. The number of fused-ring (bicyclic) bond motifs is 1. The predicted molar refractivity (Wildman–Crippen MR) is 75.5 cm³/mol. The second-order valence-electron chi connectivity index (χ2n) is 4.61. The predicted octanol–water partition coefficient (Wildman–Crippen LogP) is 3.85. The Morgan fingerprint density at radius 1 is 1.47 bits per heavy atom. The van der Waals surface area contributed by atoms with E-state index in [1.54, 1.807) is 0 Å². The Morgan fingerprint density at radius 3 is 2.88 bits per heavy atom. The van der Waals surface area contributed by atoms with Crippen molar-refractivity contribution >= 4 is 38.4 Å². The van der Waals surface area contributed by atoms with Crippen molar-refractivity contribution in [1.82, 2.24) is 9.88 Å². The molecule has 17 heavy (non-hydrogen) atoms. The zero-order valence-electron chi connectivity index (χ0n) is 9.63. The van der Waals surface area contributed by atoms with Gasteiger partial charge in [-0.05, 0) is 34.8 Å². The molecule has 0 saturated heterocycles. The van der Waals surface area contributed by atoms with E-state index in [1.165, 1.54) is 23.9 Å². The number of para-hydroxylation sites is 1. The van der Waals surface area contributed by atoms with E-state index in [0.717, 1.165) is 27.6 Å². The van der Waals surface area contributed by atoms with Gasteiger partial charge in [-0.25, -0.2) is 0 Å². The van der Waals surface area contributed by atoms with Gasteiger partial charge in [0.1, 0.15) is 0 Å². The van der Waals surface area contributed by atoms with E-state index < -0.39 is 0 Å². The Balaban J connectivity index is 2.07. The lowest BCUT2D eigenvalue weighted by atomic mass is 10.2. The number of hydrogen-bond acceptors (Lipinski definition) is 1. The molecule has 0 radical (unpaired) electrons. The van der Waals surface area contributed by atoms with Gasteiger partial charge in [0.05, 0.1) is 10.5 Å². The standard InChI is InChI=1S/C13H14BrClN2/c1-17-11(7-16-8-5-6-8)12(14)9-3-2-4-10(15)13(9)17/h2-4,8,16H,5-7H2,1H3. The largest absolute Gasteiger partial charge is 0.344 e. The second-order valence-corrected chi connectivity index (χ2v) is 5.81. The molecule has 0 aliphatic heterocycles. The Morgan fingerprint density at radius 2 is 2.24 bits per heavy atom. The highest BCUT2D eigenvalue weighted by Gasteiger charge is 2.22. The van der Waals surface area contributed by atoms with E-state index >= 15 is 0 Å². The normalized spacial score (nSPS) is 15.7. The van der Waals surface area contributed by atoms with Crippen LogP contribution in [0.4, 0.5) is 0 Å². The number of aromatic nitrogens is 1. The van der Waals surface area contributed by atoms with Crippen LogP contribution in [0.2, 0.25) is 5.02 Å². The molecule has 1 aliphatic rings. The van der Waals surface area contributed by atoms with Gasteiger partial charge in [0.2, 0.25) is 0 Å². The molecule has 2 aromatic rings. The van der Waals surface area contributed by atoms with Crippen LogP contribution in [0.3, 0.4) is 0 Å². The summed E-state index contributed by atoms with van der Waals surface area (Å²) in [6, 6.07) is 6.75. The zero-order chi connectivity index (χ0) is 12.0. The molecule has 0 unspecified atom stereocenters. The molecule has 90 valence electrons. The monoisotopic (exact) mass is 312 g/mol. The van der Waals surface area contributed by atoms with Crippen LogP contribution in [0.25, 0.3) is 10.9 Å². The molecule has 3 rings (SSSR count). The maximum Gasteiger partial charge on any atom is 0.0681 e. The number of nitrogens with zero attached hydrogens (tertiary/aromatic N) is 1. The quantitative estimate of drug-likeness (QED) is 0.911. The molecule has 0 spiro atoms. The van der Waals surface area contributed by atoms with E-state index in [4.69, 9.17) is 11.6 Å². The Kier molecular flexibility index (Phi) is 2.93. The Bertz CT molecular complexity index is 572. The smallest absolute Gasteiger partial charge is 0.0681 e. The van der Waals surface area contributed by atoms with Crippen molar-refractivity contribution in [3.63, 3.8) is 0 Å². The third kappa shape index (κ3) is 2.01. The van der Waals surface area contributed by atoms with Gasteiger partial charge in [0.15, 0.2) is 0 Å². The van der Waals surface area contributed by atoms with Crippen molar-refractivity contribution in [2.75, 3.05) is 0 Å². The van der Waals surface area contributed by atoms with E-state index in [2.05, 4.69) is 38.9 Å². The van der Waals surface area contributed by atoms with E-state index in [1.807, 2.05) is 12.1 Å². The van der Waals surface area contributed by atoms with Crippen LogP contribution in [-0.4, -0.2) is 10.6 Å². The molecule has 1 N–H and O–H groups in total. The molecular formula is C13H14BrClN2. The highest BCUT2D eigenvalue weighted by molar-refractivity contribution is 9.10. The van der Waals surface area contributed by atoms with Gasteiger partial charge < -0.3 is 9.88 Å². The van der Waals surface area contributed by atoms with Gasteiger partial charge in [0, 0.05) is 35.2 Å². The third-order valence-corrected chi connectivity index (χ3v) is 4.54. The van der Waals surface area contributed by atoms with Crippen molar-refractivity contribution in [3.05, 3.63) is 33.4 Å². The fourth-order valence-corrected chi connectivity index (χ4v) is 3.22. The molecule has 1 heterocycles. The van der Waals surface area contributed by atoms with Crippen LogP contribution in [-0.2, 0) is 13.6 Å². The molecule has 1 aromatic heterocycles. The summed E-state index contributed by atoms with van der Waals surface area (Å²) in [6.07, 6.45) is 2.62. The Labute approximate surface area is 114 Å².